The van der Waals surface area contributed by atoms with Gasteiger partial charge in [0.1, 0.15) is 18.5 Å². The third-order valence-corrected chi connectivity index (χ3v) is 3.71. The van der Waals surface area contributed by atoms with Gasteiger partial charge in [0.15, 0.2) is 0 Å². The molecule has 0 saturated heterocycles. The molecular formula is C17H29NO2. The molecule has 2 atom stereocenters. The van der Waals surface area contributed by atoms with E-state index >= 15 is 0 Å². The summed E-state index contributed by atoms with van der Waals surface area (Å²) in [5, 5.41) is 13.3. The zero-order chi connectivity index (χ0) is 15.2. The molecule has 0 aliphatic rings. The second kappa shape index (κ2) is 7.65. The molecule has 0 aliphatic carbocycles. The molecule has 3 nitrogen and oxygen atoms in total. The predicted molar refractivity (Wildman–Crippen MR) is 84.2 cm³/mol. The Morgan fingerprint density at radius 3 is 2.60 bits per heavy atom. The van der Waals surface area contributed by atoms with Crippen molar-refractivity contribution in [1.82, 2.24) is 5.32 Å². The van der Waals surface area contributed by atoms with E-state index in [2.05, 4.69) is 46.0 Å². The van der Waals surface area contributed by atoms with Crippen LogP contribution < -0.4 is 10.1 Å². The lowest BCUT2D eigenvalue weighted by atomic mass is 9.88. The zero-order valence-corrected chi connectivity index (χ0v) is 13.4. The quantitative estimate of drug-likeness (QED) is 0.806. The standard InChI is InChI=1S/C17H29NO2/c1-6-14-8-7-9-16(10-14)20-12-15(19)11-18-13(2)17(3,4)5/h7-10,13,15,18-19H,6,11-12H2,1-5H3. The Morgan fingerprint density at radius 2 is 2.00 bits per heavy atom. The summed E-state index contributed by atoms with van der Waals surface area (Å²) in [6.45, 7) is 11.7. The Morgan fingerprint density at radius 1 is 1.30 bits per heavy atom. The van der Waals surface area contributed by atoms with Gasteiger partial charge in [0, 0.05) is 12.6 Å². The van der Waals surface area contributed by atoms with Gasteiger partial charge in [-0.2, -0.15) is 0 Å². The molecule has 1 aromatic rings. The summed E-state index contributed by atoms with van der Waals surface area (Å²) in [5.74, 6) is 0.826. The van der Waals surface area contributed by atoms with Crippen molar-refractivity contribution >= 4 is 0 Å². The predicted octanol–water partition coefficient (Wildman–Crippen LogP) is 3.01. The van der Waals surface area contributed by atoms with E-state index in [0.717, 1.165) is 12.2 Å². The highest BCUT2D eigenvalue weighted by Crippen LogP contribution is 2.18. The summed E-state index contributed by atoms with van der Waals surface area (Å²) >= 11 is 0. The number of nitrogens with one attached hydrogen (secondary N) is 1. The monoisotopic (exact) mass is 279 g/mol. The van der Waals surface area contributed by atoms with Gasteiger partial charge in [0.25, 0.3) is 0 Å². The lowest BCUT2D eigenvalue weighted by Crippen LogP contribution is -2.42. The van der Waals surface area contributed by atoms with Crippen LogP contribution in [0.4, 0.5) is 0 Å². The third kappa shape index (κ3) is 5.93. The van der Waals surface area contributed by atoms with Crippen molar-refractivity contribution in [2.75, 3.05) is 13.2 Å². The van der Waals surface area contributed by atoms with Crippen molar-refractivity contribution in [2.24, 2.45) is 5.41 Å². The minimum absolute atomic E-state index is 0.191. The van der Waals surface area contributed by atoms with E-state index < -0.39 is 6.10 Å². The van der Waals surface area contributed by atoms with Gasteiger partial charge < -0.3 is 15.2 Å². The van der Waals surface area contributed by atoms with Crippen LogP contribution in [0.25, 0.3) is 0 Å². The van der Waals surface area contributed by atoms with E-state index in [9.17, 15) is 5.11 Å². The zero-order valence-electron chi connectivity index (χ0n) is 13.4. The molecule has 0 heterocycles. The number of aryl methyl sites for hydroxylation is 1. The fraction of sp³-hybridized carbons (Fsp3) is 0.647. The molecule has 0 aliphatic heterocycles. The van der Waals surface area contributed by atoms with Gasteiger partial charge >= 0.3 is 0 Å². The summed E-state index contributed by atoms with van der Waals surface area (Å²) in [4.78, 5) is 0. The highest BCUT2D eigenvalue weighted by Gasteiger charge is 2.20. The lowest BCUT2D eigenvalue weighted by molar-refractivity contribution is 0.0986. The van der Waals surface area contributed by atoms with Gasteiger partial charge in [-0.1, -0.05) is 39.8 Å². The van der Waals surface area contributed by atoms with Gasteiger partial charge in [-0.15, -0.1) is 0 Å². The van der Waals surface area contributed by atoms with Gasteiger partial charge in [0.2, 0.25) is 0 Å². The molecule has 0 spiro atoms. The molecule has 2 unspecified atom stereocenters. The number of aliphatic hydroxyl groups is 1. The van der Waals surface area contributed by atoms with E-state index in [1.54, 1.807) is 0 Å². The molecule has 0 radical (unpaired) electrons. The Balaban J connectivity index is 2.34. The first-order valence-corrected chi connectivity index (χ1v) is 7.46. The summed E-state index contributed by atoms with van der Waals surface area (Å²) in [6, 6.07) is 8.37. The van der Waals surface area contributed by atoms with Crippen LogP contribution in [-0.2, 0) is 6.42 Å². The van der Waals surface area contributed by atoms with E-state index in [1.807, 2.05) is 18.2 Å². The van der Waals surface area contributed by atoms with Gasteiger partial charge in [-0.05, 0) is 36.5 Å². The van der Waals surface area contributed by atoms with E-state index in [0.29, 0.717) is 19.2 Å². The van der Waals surface area contributed by atoms with Crippen molar-refractivity contribution in [3.05, 3.63) is 29.8 Å². The molecule has 0 saturated carbocycles. The average molecular weight is 279 g/mol. The molecular weight excluding hydrogens is 250 g/mol. The highest BCUT2D eigenvalue weighted by molar-refractivity contribution is 5.28. The number of aliphatic hydroxyl groups excluding tert-OH is 1. The van der Waals surface area contributed by atoms with Crippen molar-refractivity contribution in [1.29, 1.82) is 0 Å². The molecule has 1 aromatic carbocycles. The average Bonchev–Trinajstić information content (AvgIpc) is 2.41. The molecule has 0 aromatic heterocycles. The van der Waals surface area contributed by atoms with E-state index in [4.69, 9.17) is 4.74 Å². The summed E-state index contributed by atoms with van der Waals surface area (Å²) in [5.41, 5.74) is 1.44. The maximum atomic E-state index is 9.96. The van der Waals surface area contributed by atoms with Gasteiger partial charge in [-0.25, -0.2) is 0 Å². The van der Waals surface area contributed by atoms with Crippen LogP contribution >= 0.6 is 0 Å². The van der Waals surface area contributed by atoms with Crippen LogP contribution in [0.15, 0.2) is 24.3 Å². The second-order valence-electron chi connectivity index (χ2n) is 6.46. The molecule has 0 fully saturated rings. The topological polar surface area (TPSA) is 41.5 Å². The van der Waals surface area contributed by atoms with Crippen molar-refractivity contribution < 1.29 is 9.84 Å². The van der Waals surface area contributed by atoms with Crippen LogP contribution in [0, 0.1) is 5.41 Å². The maximum Gasteiger partial charge on any atom is 0.119 e. The molecule has 2 N–H and O–H groups in total. The van der Waals surface area contributed by atoms with Crippen LogP contribution in [-0.4, -0.2) is 30.4 Å². The summed E-state index contributed by atoms with van der Waals surface area (Å²) < 4.78 is 5.64. The molecule has 3 heteroatoms. The van der Waals surface area contributed by atoms with Crippen molar-refractivity contribution in [3.8, 4) is 5.75 Å². The first-order valence-electron chi connectivity index (χ1n) is 7.46. The minimum Gasteiger partial charge on any atom is -0.491 e. The number of hydrogen-bond donors (Lipinski definition) is 2. The van der Waals surface area contributed by atoms with Crippen LogP contribution in [0.5, 0.6) is 5.75 Å². The van der Waals surface area contributed by atoms with E-state index in [1.165, 1.54) is 5.56 Å². The Kier molecular flexibility index (Phi) is 6.50. The highest BCUT2D eigenvalue weighted by atomic mass is 16.5. The van der Waals surface area contributed by atoms with Crippen LogP contribution in [0.3, 0.4) is 0 Å². The Labute approximate surface area is 123 Å². The van der Waals surface area contributed by atoms with E-state index in [-0.39, 0.29) is 5.41 Å². The van der Waals surface area contributed by atoms with Crippen molar-refractivity contribution in [2.45, 2.75) is 53.2 Å². The molecule has 0 amide bonds. The molecule has 1 rings (SSSR count). The SMILES string of the molecule is CCc1cccc(OCC(O)CNC(C)C(C)(C)C)c1. The minimum atomic E-state index is -0.495. The Bertz CT molecular complexity index is 398. The first-order chi connectivity index (χ1) is 9.32. The lowest BCUT2D eigenvalue weighted by Gasteiger charge is -2.29. The van der Waals surface area contributed by atoms with Crippen molar-refractivity contribution in [3.63, 3.8) is 0 Å². The molecule has 0 bridgehead atoms. The number of ether oxygens (including phenoxy) is 1. The summed E-state index contributed by atoms with van der Waals surface area (Å²) in [6.07, 6.45) is 0.495. The van der Waals surface area contributed by atoms with Gasteiger partial charge in [-0.3, -0.25) is 0 Å². The maximum absolute atomic E-state index is 9.96. The fourth-order valence-electron chi connectivity index (χ4n) is 1.73. The summed E-state index contributed by atoms with van der Waals surface area (Å²) in [7, 11) is 0. The second-order valence-corrected chi connectivity index (χ2v) is 6.46. The van der Waals surface area contributed by atoms with Crippen LogP contribution in [0.2, 0.25) is 0 Å². The third-order valence-electron chi connectivity index (χ3n) is 3.71. The molecule has 20 heavy (non-hydrogen) atoms. The number of benzene rings is 1. The van der Waals surface area contributed by atoms with Crippen LogP contribution in [0.1, 0.15) is 40.2 Å². The number of hydrogen-bond acceptors (Lipinski definition) is 3. The molecule has 114 valence electrons. The smallest absolute Gasteiger partial charge is 0.119 e. The largest absolute Gasteiger partial charge is 0.491 e. The Hall–Kier alpha value is -1.06. The number of rotatable bonds is 7. The fourth-order valence-corrected chi connectivity index (χ4v) is 1.73. The first kappa shape index (κ1) is 17.0. The normalized spacial score (nSPS) is 14.9. The van der Waals surface area contributed by atoms with Gasteiger partial charge in [0.05, 0.1) is 0 Å².